The van der Waals surface area contributed by atoms with Gasteiger partial charge in [-0.05, 0) is 6.92 Å². The Hall–Kier alpha value is -0.200. The van der Waals surface area contributed by atoms with Crippen LogP contribution < -0.4 is 0 Å². The third kappa shape index (κ3) is 1.60. The van der Waals surface area contributed by atoms with Gasteiger partial charge in [0.25, 0.3) is 0 Å². The molecule has 1 aliphatic rings. The molecule has 4 N–H and O–H groups in total. The Kier molecular flexibility index (Phi) is 3.03. The second-order valence-corrected chi connectivity index (χ2v) is 3.03. The minimum absolute atomic E-state index is 0.366. The summed E-state index contributed by atoms with van der Waals surface area (Å²) in [4.78, 5) is 0. The van der Waals surface area contributed by atoms with Crippen LogP contribution in [-0.2, 0) is 4.74 Å². The van der Waals surface area contributed by atoms with Gasteiger partial charge in [-0.3, -0.25) is 0 Å². The van der Waals surface area contributed by atoms with Gasteiger partial charge in [0.1, 0.15) is 24.4 Å². The number of hydrogen-bond acceptors (Lipinski definition) is 5. The molecule has 12 heavy (non-hydrogen) atoms. The van der Waals surface area contributed by atoms with Crippen LogP contribution >= 0.6 is 0 Å². The van der Waals surface area contributed by atoms with Crippen LogP contribution in [0.4, 0.5) is 0 Å². The van der Waals surface area contributed by atoms with Crippen molar-refractivity contribution in [2.45, 2.75) is 37.4 Å². The molecule has 1 rings (SSSR count). The molecule has 0 amide bonds. The van der Waals surface area contributed by atoms with Crippen LogP contribution in [0.3, 0.4) is 0 Å². The highest BCUT2D eigenvalue weighted by atomic mass is 16.5. The van der Waals surface area contributed by atoms with Gasteiger partial charge in [0.15, 0.2) is 0 Å². The topological polar surface area (TPSA) is 90.2 Å². The predicted octanol–water partition coefficient (Wildman–Crippen LogP) is -2.15. The molecular weight excluding hydrogens is 164 g/mol. The number of ether oxygens (including phenoxy) is 1. The highest BCUT2D eigenvalue weighted by Gasteiger charge is 2.41. The normalized spacial score (nSPS) is 49.2. The van der Waals surface area contributed by atoms with Crippen LogP contribution in [0, 0.1) is 0 Å². The van der Waals surface area contributed by atoms with Crippen LogP contribution in [0.1, 0.15) is 6.92 Å². The molecule has 5 atom stereocenters. The van der Waals surface area contributed by atoms with E-state index in [1.54, 1.807) is 6.92 Å². The molecule has 72 valence electrons. The van der Waals surface area contributed by atoms with E-state index in [4.69, 9.17) is 9.84 Å². The molecule has 5 heteroatoms. The van der Waals surface area contributed by atoms with Crippen LogP contribution in [0.5, 0.6) is 0 Å². The highest BCUT2D eigenvalue weighted by Crippen LogP contribution is 2.20. The maximum Gasteiger partial charge on any atom is 0.111 e. The smallest absolute Gasteiger partial charge is 0.111 e. The summed E-state index contributed by atoms with van der Waals surface area (Å²) in [6.45, 7) is 1.21. The zero-order valence-corrected chi connectivity index (χ0v) is 6.79. The molecule has 1 saturated heterocycles. The summed E-state index contributed by atoms with van der Waals surface area (Å²) in [6.07, 6.45) is -4.94. The highest BCUT2D eigenvalue weighted by molar-refractivity contribution is 4.89. The summed E-state index contributed by atoms with van der Waals surface area (Å²) in [5.41, 5.74) is 0. The van der Waals surface area contributed by atoms with E-state index in [2.05, 4.69) is 0 Å². The number of aliphatic hydroxyl groups is 4. The van der Waals surface area contributed by atoms with Crippen LogP contribution in [-0.4, -0.2) is 57.6 Å². The van der Waals surface area contributed by atoms with E-state index in [-0.39, 0.29) is 6.61 Å². The van der Waals surface area contributed by atoms with Crippen molar-refractivity contribution in [1.82, 2.24) is 0 Å². The van der Waals surface area contributed by atoms with E-state index in [1.807, 2.05) is 0 Å². The minimum Gasteiger partial charge on any atom is -0.394 e. The average Bonchev–Trinajstić information content (AvgIpc) is 2.08. The zero-order valence-electron chi connectivity index (χ0n) is 6.79. The fourth-order valence-corrected chi connectivity index (χ4v) is 1.29. The second kappa shape index (κ2) is 3.68. The molecule has 0 bridgehead atoms. The van der Waals surface area contributed by atoms with Crippen molar-refractivity contribution in [2.24, 2.45) is 0 Å². The predicted molar refractivity (Wildman–Crippen MR) is 39.4 cm³/mol. The van der Waals surface area contributed by atoms with E-state index in [1.165, 1.54) is 0 Å². The molecule has 0 aliphatic carbocycles. The largest absolute Gasteiger partial charge is 0.394 e. The van der Waals surface area contributed by atoms with Gasteiger partial charge in [0.2, 0.25) is 0 Å². The minimum atomic E-state index is -1.24. The van der Waals surface area contributed by atoms with E-state index >= 15 is 0 Å². The third-order valence-electron chi connectivity index (χ3n) is 2.13. The molecule has 1 aliphatic heterocycles. The summed E-state index contributed by atoms with van der Waals surface area (Å²) in [5.74, 6) is 0. The zero-order chi connectivity index (χ0) is 9.30. The molecule has 0 radical (unpaired) electrons. The molecule has 1 fully saturated rings. The van der Waals surface area contributed by atoms with Crippen molar-refractivity contribution in [3.8, 4) is 0 Å². The molecule has 0 aromatic heterocycles. The summed E-state index contributed by atoms with van der Waals surface area (Å²) >= 11 is 0. The van der Waals surface area contributed by atoms with E-state index in [9.17, 15) is 15.3 Å². The van der Waals surface area contributed by atoms with E-state index in [0.29, 0.717) is 0 Å². The average molecular weight is 178 g/mol. The lowest BCUT2D eigenvalue weighted by Gasteiger charge is -2.38. The fourth-order valence-electron chi connectivity index (χ4n) is 1.29. The monoisotopic (exact) mass is 178 g/mol. The Bertz CT molecular complexity index is 146. The Morgan fingerprint density at radius 3 is 2.17 bits per heavy atom. The van der Waals surface area contributed by atoms with Crippen molar-refractivity contribution in [1.29, 1.82) is 0 Å². The van der Waals surface area contributed by atoms with Crippen LogP contribution in [0.15, 0.2) is 0 Å². The SMILES string of the molecule is C[C@H]1OC(CO)[C@@H](O)[C@H](O)C1O. The van der Waals surface area contributed by atoms with Gasteiger partial charge in [-0.15, -0.1) is 0 Å². The molecule has 0 saturated carbocycles. The van der Waals surface area contributed by atoms with Gasteiger partial charge in [-0.1, -0.05) is 0 Å². The summed E-state index contributed by atoms with van der Waals surface area (Å²) in [6, 6.07) is 0. The van der Waals surface area contributed by atoms with Crippen LogP contribution in [0.25, 0.3) is 0 Å². The maximum absolute atomic E-state index is 9.23. The third-order valence-corrected chi connectivity index (χ3v) is 2.13. The first-order valence-electron chi connectivity index (χ1n) is 3.88. The van der Waals surface area contributed by atoms with Gasteiger partial charge in [0.05, 0.1) is 12.7 Å². The van der Waals surface area contributed by atoms with Crippen molar-refractivity contribution in [3.05, 3.63) is 0 Å². The lowest BCUT2D eigenvalue weighted by molar-refractivity contribution is -0.224. The quantitative estimate of drug-likeness (QED) is 0.367. The number of hydrogen-bond donors (Lipinski definition) is 4. The first kappa shape index (κ1) is 9.88. The Morgan fingerprint density at radius 1 is 1.08 bits per heavy atom. The lowest BCUT2D eigenvalue weighted by atomic mass is 9.96. The van der Waals surface area contributed by atoms with Gasteiger partial charge in [-0.2, -0.15) is 0 Å². The van der Waals surface area contributed by atoms with Gasteiger partial charge in [-0.25, -0.2) is 0 Å². The maximum atomic E-state index is 9.23. The molecule has 5 nitrogen and oxygen atoms in total. The van der Waals surface area contributed by atoms with Crippen molar-refractivity contribution < 1.29 is 25.2 Å². The molecular formula is C7H14O5. The fraction of sp³-hybridized carbons (Fsp3) is 1.00. The van der Waals surface area contributed by atoms with Crippen LogP contribution in [0.2, 0.25) is 0 Å². The molecule has 0 aromatic carbocycles. The van der Waals surface area contributed by atoms with Gasteiger partial charge < -0.3 is 25.2 Å². The first-order chi connectivity index (χ1) is 5.57. The number of aliphatic hydroxyl groups excluding tert-OH is 4. The summed E-state index contributed by atoms with van der Waals surface area (Å²) in [5, 5.41) is 36.4. The van der Waals surface area contributed by atoms with Gasteiger partial charge in [0, 0.05) is 0 Å². The lowest BCUT2D eigenvalue weighted by Crippen LogP contribution is -2.57. The van der Waals surface area contributed by atoms with Crippen molar-refractivity contribution in [2.75, 3.05) is 6.61 Å². The Labute approximate surface area is 70.2 Å². The second-order valence-electron chi connectivity index (χ2n) is 3.03. The Morgan fingerprint density at radius 2 is 1.67 bits per heavy atom. The standard InChI is InChI=1S/C7H14O5/c1-3-5(9)7(11)6(10)4(2-8)12-3/h3-11H,2H2,1H3/t3-,4?,5?,6-,7-/m1/s1. The van der Waals surface area contributed by atoms with Crippen molar-refractivity contribution in [3.63, 3.8) is 0 Å². The summed E-state index contributed by atoms with van der Waals surface area (Å²) < 4.78 is 5.02. The molecule has 0 spiro atoms. The molecule has 2 unspecified atom stereocenters. The van der Waals surface area contributed by atoms with E-state index < -0.39 is 30.5 Å². The summed E-state index contributed by atoms with van der Waals surface area (Å²) in [7, 11) is 0. The van der Waals surface area contributed by atoms with Crippen molar-refractivity contribution >= 4 is 0 Å². The Balaban J connectivity index is 2.63. The molecule has 1 heterocycles. The molecule has 0 aromatic rings. The first-order valence-corrected chi connectivity index (χ1v) is 3.88. The van der Waals surface area contributed by atoms with Gasteiger partial charge >= 0.3 is 0 Å². The number of rotatable bonds is 1. The van der Waals surface area contributed by atoms with E-state index in [0.717, 1.165) is 0 Å².